The van der Waals surface area contributed by atoms with Crippen LogP contribution in [-0.2, 0) is 9.53 Å². The predicted octanol–water partition coefficient (Wildman–Crippen LogP) is 1.48. The highest BCUT2D eigenvalue weighted by Gasteiger charge is 2.30. The number of ketones is 1. The van der Waals surface area contributed by atoms with Crippen LogP contribution in [0.4, 0.5) is 4.79 Å². The Hall–Kier alpha value is -1.39. The van der Waals surface area contributed by atoms with Gasteiger partial charge >= 0.3 is 6.09 Å². The molecule has 0 atom stereocenters. The van der Waals surface area contributed by atoms with E-state index in [-0.39, 0.29) is 11.2 Å². The largest absolute Gasteiger partial charge is 0.452 e. The number of ether oxygens (including phenoxy) is 1. The van der Waals surface area contributed by atoms with Crippen LogP contribution in [0.1, 0.15) is 33.1 Å². The predicted molar refractivity (Wildman–Crippen MR) is 55.6 cm³/mol. The van der Waals surface area contributed by atoms with Gasteiger partial charge in [0, 0.05) is 18.6 Å². The lowest BCUT2D eigenvalue weighted by atomic mass is 9.76. The summed E-state index contributed by atoms with van der Waals surface area (Å²) in [5, 5.41) is 3.87. The van der Waals surface area contributed by atoms with Crippen molar-refractivity contribution in [1.29, 1.82) is 0 Å². The molecule has 5 heteroatoms. The smallest absolute Gasteiger partial charge is 0.427 e. The number of hydrogen-bond acceptors (Lipinski definition) is 4. The van der Waals surface area contributed by atoms with E-state index in [9.17, 15) is 9.59 Å². The second-order valence-electron chi connectivity index (χ2n) is 4.51. The van der Waals surface area contributed by atoms with Crippen LogP contribution < -0.4 is 5.43 Å². The standard InChI is InChI=1S/C10H16N2O3/c1-10(2)5-7(4-8(13)6-10)11-12-9(14)15-3/h4-6H2,1-3H3,(H,12,14)/b11-7+. The third-order valence-corrected chi connectivity index (χ3v) is 2.25. The van der Waals surface area contributed by atoms with E-state index in [1.807, 2.05) is 13.8 Å². The molecule has 0 radical (unpaired) electrons. The molecule has 1 amide bonds. The highest BCUT2D eigenvalue weighted by molar-refractivity contribution is 6.04. The van der Waals surface area contributed by atoms with Crippen molar-refractivity contribution in [2.24, 2.45) is 10.5 Å². The Morgan fingerprint density at radius 1 is 1.47 bits per heavy atom. The van der Waals surface area contributed by atoms with Gasteiger partial charge in [0.15, 0.2) is 0 Å². The van der Waals surface area contributed by atoms with Gasteiger partial charge in [-0.2, -0.15) is 5.10 Å². The van der Waals surface area contributed by atoms with Crippen LogP contribution in [0.3, 0.4) is 0 Å². The summed E-state index contributed by atoms with van der Waals surface area (Å²) in [5.41, 5.74) is 2.88. The molecule has 0 aromatic carbocycles. The molecule has 1 aliphatic carbocycles. The zero-order chi connectivity index (χ0) is 11.5. The fourth-order valence-electron chi connectivity index (χ4n) is 1.75. The van der Waals surface area contributed by atoms with Gasteiger partial charge in [-0.1, -0.05) is 13.8 Å². The zero-order valence-corrected chi connectivity index (χ0v) is 9.29. The van der Waals surface area contributed by atoms with Crippen LogP contribution in [0.2, 0.25) is 0 Å². The minimum Gasteiger partial charge on any atom is -0.452 e. The van der Waals surface area contributed by atoms with Gasteiger partial charge in [-0.15, -0.1) is 0 Å². The van der Waals surface area contributed by atoms with Crippen molar-refractivity contribution in [2.45, 2.75) is 33.1 Å². The summed E-state index contributed by atoms with van der Waals surface area (Å²) in [6.07, 6.45) is 1.01. The van der Waals surface area contributed by atoms with Gasteiger partial charge in [0.25, 0.3) is 0 Å². The van der Waals surface area contributed by atoms with Crippen molar-refractivity contribution in [3.8, 4) is 0 Å². The Morgan fingerprint density at radius 3 is 2.67 bits per heavy atom. The fraction of sp³-hybridized carbons (Fsp3) is 0.700. The van der Waals surface area contributed by atoms with E-state index < -0.39 is 6.09 Å². The molecule has 0 aromatic heterocycles. The molecule has 1 fully saturated rings. The molecule has 1 saturated carbocycles. The second kappa shape index (κ2) is 4.42. The van der Waals surface area contributed by atoms with Crippen molar-refractivity contribution in [3.05, 3.63) is 0 Å². The topological polar surface area (TPSA) is 67.8 Å². The summed E-state index contributed by atoms with van der Waals surface area (Å²) in [7, 11) is 1.27. The fourth-order valence-corrected chi connectivity index (χ4v) is 1.75. The van der Waals surface area contributed by atoms with Gasteiger partial charge in [0.1, 0.15) is 5.78 Å². The molecule has 0 heterocycles. The number of amides is 1. The van der Waals surface area contributed by atoms with Gasteiger partial charge in [0.05, 0.1) is 7.11 Å². The molecular weight excluding hydrogens is 196 g/mol. The molecule has 0 saturated heterocycles. The van der Waals surface area contributed by atoms with Crippen molar-refractivity contribution >= 4 is 17.6 Å². The number of Topliss-reactive ketones (excluding diaryl/α,β-unsaturated/α-hetero) is 1. The molecule has 5 nitrogen and oxygen atoms in total. The van der Waals surface area contributed by atoms with Gasteiger partial charge in [-0.3, -0.25) is 4.79 Å². The lowest BCUT2D eigenvalue weighted by molar-refractivity contribution is -0.120. The van der Waals surface area contributed by atoms with Gasteiger partial charge in [-0.25, -0.2) is 10.2 Å². The number of carbonyl (C=O) groups excluding carboxylic acids is 2. The first kappa shape index (κ1) is 11.7. The average Bonchev–Trinajstić information content (AvgIpc) is 2.11. The third kappa shape index (κ3) is 3.69. The number of hydrazone groups is 1. The Labute approximate surface area is 88.9 Å². The first-order valence-electron chi connectivity index (χ1n) is 4.84. The molecule has 0 bridgehead atoms. The van der Waals surface area contributed by atoms with E-state index in [1.165, 1.54) is 7.11 Å². The van der Waals surface area contributed by atoms with Gasteiger partial charge in [-0.05, 0) is 11.8 Å². The molecule has 0 aliphatic heterocycles. The lowest BCUT2D eigenvalue weighted by Crippen LogP contribution is -2.31. The summed E-state index contributed by atoms with van der Waals surface area (Å²) < 4.78 is 4.38. The van der Waals surface area contributed by atoms with Crippen molar-refractivity contribution in [2.75, 3.05) is 7.11 Å². The molecule has 84 valence electrons. The molecule has 1 aliphatic rings. The quantitative estimate of drug-likeness (QED) is 0.669. The number of rotatable bonds is 1. The number of hydrogen-bond donors (Lipinski definition) is 1. The minimum absolute atomic E-state index is 0.0635. The first-order valence-corrected chi connectivity index (χ1v) is 4.84. The van der Waals surface area contributed by atoms with E-state index in [0.29, 0.717) is 18.6 Å². The van der Waals surface area contributed by atoms with Crippen molar-refractivity contribution < 1.29 is 14.3 Å². The lowest BCUT2D eigenvalue weighted by Gasteiger charge is -2.28. The van der Waals surface area contributed by atoms with Crippen LogP contribution in [0.5, 0.6) is 0 Å². The summed E-state index contributed by atoms with van der Waals surface area (Å²) in [6.45, 7) is 4.02. The van der Waals surface area contributed by atoms with Crippen molar-refractivity contribution in [1.82, 2.24) is 5.43 Å². The number of carbonyl (C=O) groups is 2. The van der Waals surface area contributed by atoms with E-state index in [1.54, 1.807) is 0 Å². The SMILES string of the molecule is COC(=O)N/N=C1\CC(=O)CC(C)(C)C1. The second-order valence-corrected chi connectivity index (χ2v) is 4.51. The monoisotopic (exact) mass is 212 g/mol. The van der Waals surface area contributed by atoms with Crippen LogP contribution in [0.15, 0.2) is 5.10 Å². The normalized spacial score (nSPS) is 22.6. The summed E-state index contributed by atoms with van der Waals surface area (Å²) in [5.74, 6) is 0.164. The Morgan fingerprint density at radius 2 is 2.13 bits per heavy atom. The Kier molecular flexibility index (Phi) is 3.44. The Balaban J connectivity index is 2.62. The maximum absolute atomic E-state index is 11.4. The molecule has 1 rings (SSSR count). The van der Waals surface area contributed by atoms with Crippen LogP contribution in [-0.4, -0.2) is 24.7 Å². The maximum atomic E-state index is 11.4. The van der Waals surface area contributed by atoms with E-state index >= 15 is 0 Å². The number of methoxy groups -OCH3 is 1. The minimum atomic E-state index is -0.613. The van der Waals surface area contributed by atoms with E-state index in [2.05, 4.69) is 15.3 Å². The molecule has 0 aromatic rings. The zero-order valence-electron chi connectivity index (χ0n) is 9.29. The summed E-state index contributed by atoms with van der Waals surface area (Å²) in [4.78, 5) is 22.2. The van der Waals surface area contributed by atoms with Crippen LogP contribution in [0, 0.1) is 5.41 Å². The third-order valence-electron chi connectivity index (χ3n) is 2.25. The van der Waals surface area contributed by atoms with Crippen LogP contribution >= 0.6 is 0 Å². The number of nitrogens with zero attached hydrogens (tertiary/aromatic N) is 1. The van der Waals surface area contributed by atoms with E-state index in [0.717, 1.165) is 6.42 Å². The Bertz CT molecular complexity index is 308. The average molecular weight is 212 g/mol. The molecular formula is C10H16N2O3. The highest BCUT2D eigenvalue weighted by atomic mass is 16.5. The van der Waals surface area contributed by atoms with E-state index in [4.69, 9.17) is 0 Å². The molecule has 1 N–H and O–H groups in total. The van der Waals surface area contributed by atoms with Gasteiger partial charge < -0.3 is 4.74 Å². The van der Waals surface area contributed by atoms with Gasteiger partial charge in [0.2, 0.25) is 0 Å². The molecule has 0 spiro atoms. The van der Waals surface area contributed by atoms with Crippen molar-refractivity contribution in [3.63, 3.8) is 0 Å². The highest BCUT2D eigenvalue weighted by Crippen LogP contribution is 2.31. The maximum Gasteiger partial charge on any atom is 0.427 e. The molecule has 0 unspecified atom stereocenters. The summed E-state index contributed by atoms with van der Waals surface area (Å²) in [6, 6.07) is 0. The molecule has 15 heavy (non-hydrogen) atoms. The summed E-state index contributed by atoms with van der Waals surface area (Å²) >= 11 is 0. The number of nitrogens with one attached hydrogen (secondary N) is 1. The first-order chi connectivity index (χ1) is 6.93. The van der Waals surface area contributed by atoms with Crippen LogP contribution in [0.25, 0.3) is 0 Å².